The van der Waals surface area contributed by atoms with E-state index >= 15 is 0 Å². The molecule has 1 N–H and O–H groups in total. The van der Waals surface area contributed by atoms with Gasteiger partial charge in [0.2, 0.25) is 0 Å². The molecule has 2 nitrogen and oxygen atoms in total. The summed E-state index contributed by atoms with van der Waals surface area (Å²) in [5.74, 6) is 5.51. The van der Waals surface area contributed by atoms with Crippen LogP contribution in [0.3, 0.4) is 0 Å². The van der Waals surface area contributed by atoms with Crippen molar-refractivity contribution in [3.63, 3.8) is 0 Å². The van der Waals surface area contributed by atoms with Crippen molar-refractivity contribution in [1.82, 2.24) is 0 Å². The van der Waals surface area contributed by atoms with E-state index in [1.54, 1.807) is 7.11 Å². The average molecular weight is 338 g/mol. The van der Waals surface area contributed by atoms with E-state index in [9.17, 15) is 5.11 Å². The molecule has 2 heteroatoms. The van der Waals surface area contributed by atoms with Gasteiger partial charge in [-0.15, -0.1) is 6.42 Å². The normalized spacial score (nSPS) is 48.4. The van der Waals surface area contributed by atoms with Gasteiger partial charge in [-0.2, -0.15) is 0 Å². The van der Waals surface area contributed by atoms with Gasteiger partial charge in [0.05, 0.1) is 12.9 Å². The fraction of sp³-hybridized carbons (Fsp3) is 0.652. The third-order valence-corrected chi connectivity index (χ3v) is 8.40. The molecule has 0 aliphatic heterocycles. The SMILES string of the molecule is C#C[C@]1(O)C(=C)C[C@H]2[C@@H]3CC=C4C=C(OC)CC[C@]4(C)[C@H]3CC[C@@]21C. The molecule has 0 aromatic carbocycles. The lowest BCUT2D eigenvalue weighted by molar-refractivity contribution is -0.0853. The maximum atomic E-state index is 11.2. The van der Waals surface area contributed by atoms with Crippen molar-refractivity contribution >= 4 is 0 Å². The predicted octanol–water partition coefficient (Wildman–Crippen LogP) is 4.62. The predicted molar refractivity (Wildman–Crippen MR) is 100 cm³/mol. The Morgan fingerprint density at radius 3 is 2.76 bits per heavy atom. The first kappa shape index (κ1) is 17.0. The topological polar surface area (TPSA) is 29.5 Å². The molecule has 0 heterocycles. The Labute approximate surface area is 152 Å². The Morgan fingerprint density at radius 1 is 1.32 bits per heavy atom. The quantitative estimate of drug-likeness (QED) is 0.558. The Kier molecular flexibility index (Phi) is 3.58. The van der Waals surface area contributed by atoms with Crippen molar-refractivity contribution in [3.8, 4) is 12.3 Å². The molecule has 0 saturated heterocycles. The lowest BCUT2D eigenvalue weighted by Crippen LogP contribution is -2.53. The van der Waals surface area contributed by atoms with Crippen molar-refractivity contribution in [3.05, 3.63) is 35.6 Å². The molecule has 6 atom stereocenters. The molecule has 0 radical (unpaired) electrons. The van der Waals surface area contributed by atoms with Gasteiger partial charge >= 0.3 is 0 Å². The summed E-state index contributed by atoms with van der Waals surface area (Å²) in [7, 11) is 1.78. The van der Waals surface area contributed by atoms with Gasteiger partial charge in [0.1, 0.15) is 0 Å². The minimum atomic E-state index is -1.14. The molecule has 0 unspecified atom stereocenters. The standard InChI is InChI=1S/C23H30O2/c1-6-23(24)15(2)13-20-18-8-7-16-14-17(25-5)9-11-21(16,3)19(18)10-12-22(20,23)4/h1,7,14,18-20,24H,2,8-13H2,3-5H3/t18-,19+,20+,21+,22+,23+/m1/s1. The zero-order valence-electron chi connectivity index (χ0n) is 15.8. The molecule has 0 spiro atoms. The number of rotatable bonds is 1. The van der Waals surface area contributed by atoms with Gasteiger partial charge in [-0.3, -0.25) is 0 Å². The van der Waals surface area contributed by atoms with E-state index in [0.717, 1.165) is 49.9 Å². The van der Waals surface area contributed by atoms with E-state index < -0.39 is 5.60 Å². The maximum absolute atomic E-state index is 11.2. The van der Waals surface area contributed by atoms with Crippen LogP contribution in [-0.4, -0.2) is 17.8 Å². The number of allylic oxidation sites excluding steroid dienone is 4. The summed E-state index contributed by atoms with van der Waals surface area (Å²) in [6.07, 6.45) is 16.8. The van der Waals surface area contributed by atoms with E-state index in [1.165, 1.54) is 5.57 Å². The number of fused-ring (bicyclic) bond motifs is 5. The molecule has 2 saturated carbocycles. The highest BCUT2D eigenvalue weighted by Crippen LogP contribution is 2.67. The number of terminal acetylenes is 1. The highest BCUT2D eigenvalue weighted by molar-refractivity contribution is 5.41. The average Bonchev–Trinajstić information content (AvgIpc) is 2.82. The van der Waals surface area contributed by atoms with Gasteiger partial charge in [-0.05, 0) is 72.5 Å². The van der Waals surface area contributed by atoms with E-state index in [-0.39, 0.29) is 10.8 Å². The summed E-state index contributed by atoms with van der Waals surface area (Å²) in [5, 5.41) is 11.2. The fourth-order valence-corrected chi connectivity index (χ4v) is 6.69. The molecule has 4 aliphatic carbocycles. The van der Waals surface area contributed by atoms with E-state index in [0.29, 0.717) is 17.8 Å². The molecule has 4 aliphatic rings. The van der Waals surface area contributed by atoms with Crippen molar-refractivity contribution in [2.24, 2.45) is 28.6 Å². The van der Waals surface area contributed by atoms with Crippen molar-refractivity contribution in [1.29, 1.82) is 0 Å². The first-order chi connectivity index (χ1) is 11.8. The summed E-state index contributed by atoms with van der Waals surface area (Å²) in [6, 6.07) is 0. The van der Waals surface area contributed by atoms with Crippen molar-refractivity contribution < 1.29 is 9.84 Å². The zero-order chi connectivity index (χ0) is 18.0. The van der Waals surface area contributed by atoms with Gasteiger partial charge in [0.15, 0.2) is 5.60 Å². The Hall–Kier alpha value is -1.46. The molecule has 0 bridgehead atoms. The van der Waals surface area contributed by atoms with Crippen LogP contribution in [0.15, 0.2) is 35.6 Å². The second-order valence-corrected chi connectivity index (χ2v) is 9.12. The summed E-state index contributed by atoms with van der Waals surface area (Å²) in [4.78, 5) is 0. The van der Waals surface area contributed by atoms with Crippen LogP contribution >= 0.6 is 0 Å². The Balaban J connectivity index is 1.74. The van der Waals surface area contributed by atoms with Crippen LogP contribution in [0.4, 0.5) is 0 Å². The van der Waals surface area contributed by atoms with Gasteiger partial charge in [-0.1, -0.05) is 32.4 Å². The molecule has 0 aromatic rings. The van der Waals surface area contributed by atoms with Crippen LogP contribution in [0.2, 0.25) is 0 Å². The van der Waals surface area contributed by atoms with Crippen LogP contribution in [0.1, 0.15) is 52.4 Å². The van der Waals surface area contributed by atoms with Crippen LogP contribution in [0, 0.1) is 40.9 Å². The molecule has 25 heavy (non-hydrogen) atoms. The van der Waals surface area contributed by atoms with Gasteiger partial charge in [0, 0.05) is 11.8 Å². The summed E-state index contributed by atoms with van der Waals surface area (Å²) in [6.45, 7) is 8.82. The number of methoxy groups -OCH3 is 1. The lowest BCUT2D eigenvalue weighted by atomic mass is 9.47. The highest BCUT2D eigenvalue weighted by atomic mass is 16.5. The summed E-state index contributed by atoms with van der Waals surface area (Å²) >= 11 is 0. The maximum Gasteiger partial charge on any atom is 0.152 e. The van der Waals surface area contributed by atoms with Crippen LogP contribution in [0.5, 0.6) is 0 Å². The van der Waals surface area contributed by atoms with Gasteiger partial charge < -0.3 is 9.84 Å². The first-order valence-electron chi connectivity index (χ1n) is 9.64. The Bertz CT molecular complexity index is 723. The molecule has 4 rings (SSSR count). The van der Waals surface area contributed by atoms with Gasteiger partial charge in [0.25, 0.3) is 0 Å². The number of aliphatic hydroxyl groups is 1. The number of ether oxygens (including phenoxy) is 1. The fourth-order valence-electron chi connectivity index (χ4n) is 6.69. The minimum absolute atomic E-state index is 0.227. The minimum Gasteiger partial charge on any atom is -0.501 e. The highest BCUT2D eigenvalue weighted by Gasteiger charge is 2.64. The summed E-state index contributed by atoms with van der Waals surface area (Å²) < 4.78 is 5.52. The van der Waals surface area contributed by atoms with Crippen LogP contribution in [0.25, 0.3) is 0 Å². The molecule has 0 aromatic heterocycles. The third kappa shape index (κ3) is 1.97. The molecule has 0 amide bonds. The number of hydrogen-bond donors (Lipinski definition) is 1. The Morgan fingerprint density at radius 2 is 2.08 bits per heavy atom. The molecule has 134 valence electrons. The third-order valence-electron chi connectivity index (χ3n) is 8.40. The first-order valence-corrected chi connectivity index (χ1v) is 9.64. The van der Waals surface area contributed by atoms with E-state index in [1.807, 2.05) is 0 Å². The van der Waals surface area contributed by atoms with Gasteiger partial charge in [-0.25, -0.2) is 0 Å². The van der Waals surface area contributed by atoms with Crippen LogP contribution < -0.4 is 0 Å². The second-order valence-electron chi connectivity index (χ2n) is 9.12. The smallest absolute Gasteiger partial charge is 0.152 e. The monoisotopic (exact) mass is 338 g/mol. The molecule has 2 fully saturated rings. The number of hydrogen-bond acceptors (Lipinski definition) is 2. The van der Waals surface area contributed by atoms with E-state index in [4.69, 9.17) is 11.2 Å². The molecular weight excluding hydrogens is 308 g/mol. The van der Waals surface area contributed by atoms with Crippen LogP contribution in [-0.2, 0) is 4.74 Å². The zero-order valence-corrected chi connectivity index (χ0v) is 15.8. The lowest BCUT2D eigenvalue weighted by Gasteiger charge is -2.57. The van der Waals surface area contributed by atoms with Crippen molar-refractivity contribution in [2.75, 3.05) is 7.11 Å². The largest absolute Gasteiger partial charge is 0.501 e. The second kappa shape index (κ2) is 5.27. The molecular formula is C23H30O2. The summed E-state index contributed by atoms with van der Waals surface area (Å²) in [5.41, 5.74) is 1.18. The van der Waals surface area contributed by atoms with E-state index in [2.05, 4.69) is 38.5 Å². The van der Waals surface area contributed by atoms with Crippen molar-refractivity contribution in [2.45, 2.75) is 58.0 Å².